The summed E-state index contributed by atoms with van der Waals surface area (Å²) in [7, 11) is 0. The molecule has 0 heterocycles. The van der Waals surface area contributed by atoms with Gasteiger partial charge in [-0.05, 0) is 25.7 Å². The van der Waals surface area contributed by atoms with Gasteiger partial charge >= 0.3 is 21.7 Å². The molecule has 0 amide bonds. The molecule has 0 fully saturated rings. The summed E-state index contributed by atoms with van der Waals surface area (Å²) in [6.07, 6.45) is 2.74. The third-order valence-corrected chi connectivity index (χ3v) is 3.16. The van der Waals surface area contributed by atoms with Crippen LogP contribution in [0.2, 0.25) is 0 Å². The fourth-order valence-corrected chi connectivity index (χ4v) is 1.89. The summed E-state index contributed by atoms with van der Waals surface area (Å²) >= 11 is 0. The van der Waals surface area contributed by atoms with Gasteiger partial charge in [-0.15, -0.1) is 0 Å². The molecule has 23 heavy (non-hydrogen) atoms. The molecular formula is C16H26O6Ti. The van der Waals surface area contributed by atoms with Crippen molar-refractivity contribution < 1.29 is 51.1 Å². The van der Waals surface area contributed by atoms with Crippen LogP contribution in [0.3, 0.4) is 0 Å². The van der Waals surface area contributed by atoms with Crippen molar-refractivity contribution in [2.24, 2.45) is 11.8 Å². The third-order valence-electron chi connectivity index (χ3n) is 3.16. The Morgan fingerprint density at radius 3 is 1.09 bits per heavy atom. The molecular weight excluding hydrogens is 336 g/mol. The van der Waals surface area contributed by atoms with E-state index in [0.717, 1.165) is 0 Å². The Labute approximate surface area is 152 Å². The van der Waals surface area contributed by atoms with Gasteiger partial charge in [-0.25, -0.2) is 0 Å². The van der Waals surface area contributed by atoms with Crippen LogP contribution in [0.25, 0.3) is 0 Å². The first kappa shape index (κ1) is 26.9. The fourth-order valence-electron chi connectivity index (χ4n) is 1.89. The largest absolute Gasteiger partial charge is 2.00 e. The first-order valence-corrected chi connectivity index (χ1v) is 7.73. The summed E-state index contributed by atoms with van der Waals surface area (Å²) in [4.78, 5) is 42.6. The molecule has 0 saturated heterocycles. The summed E-state index contributed by atoms with van der Waals surface area (Å²) in [5.41, 5.74) is 0. The van der Waals surface area contributed by atoms with Crippen LogP contribution < -0.4 is 10.2 Å². The number of carboxylic acid groups (broad SMARTS) is 2. The van der Waals surface area contributed by atoms with Crippen LogP contribution >= 0.6 is 0 Å². The molecule has 0 aromatic heterocycles. The van der Waals surface area contributed by atoms with Gasteiger partial charge in [0.2, 0.25) is 0 Å². The minimum absolute atomic E-state index is 0. The Kier molecular flexibility index (Phi) is 18.5. The van der Waals surface area contributed by atoms with Crippen LogP contribution in [-0.4, -0.2) is 23.5 Å². The molecule has 7 heteroatoms. The number of carboxylic acids is 2. The molecule has 0 radical (unpaired) electrons. The van der Waals surface area contributed by atoms with E-state index < -0.39 is 23.8 Å². The molecule has 0 aliphatic heterocycles. The van der Waals surface area contributed by atoms with Crippen molar-refractivity contribution in [1.29, 1.82) is 0 Å². The van der Waals surface area contributed by atoms with Crippen molar-refractivity contribution in [3.8, 4) is 0 Å². The smallest absolute Gasteiger partial charge is 0.549 e. The number of aliphatic carboxylic acids is 2. The summed E-state index contributed by atoms with van der Waals surface area (Å²) in [5, 5.41) is 20.6. The van der Waals surface area contributed by atoms with Crippen molar-refractivity contribution in [3.63, 3.8) is 0 Å². The second kappa shape index (κ2) is 15.9. The Bertz CT molecular complexity index is 345. The van der Waals surface area contributed by atoms with Gasteiger partial charge in [-0.1, -0.05) is 27.7 Å². The molecule has 0 aliphatic carbocycles. The molecule has 2 unspecified atom stereocenters. The molecule has 0 aromatic carbocycles. The molecule has 0 aromatic rings. The summed E-state index contributed by atoms with van der Waals surface area (Å²) < 4.78 is 0. The van der Waals surface area contributed by atoms with Crippen LogP contribution in [0.5, 0.6) is 0 Å². The van der Waals surface area contributed by atoms with Crippen LogP contribution in [0.4, 0.5) is 0 Å². The molecule has 0 N–H and O–H groups in total. The first-order valence-electron chi connectivity index (χ1n) is 7.73. The Morgan fingerprint density at radius 1 is 0.696 bits per heavy atom. The van der Waals surface area contributed by atoms with E-state index in [-0.39, 0.29) is 33.3 Å². The minimum Gasteiger partial charge on any atom is -0.549 e. The number of ketones is 2. The molecule has 0 aliphatic rings. The average Bonchev–Trinajstić information content (AvgIpc) is 2.40. The molecule has 0 spiro atoms. The van der Waals surface area contributed by atoms with Gasteiger partial charge in [0.25, 0.3) is 0 Å². The predicted molar refractivity (Wildman–Crippen MR) is 77.4 cm³/mol. The second-order valence-electron chi connectivity index (χ2n) is 4.99. The van der Waals surface area contributed by atoms with Gasteiger partial charge in [-0.3, -0.25) is 9.59 Å². The van der Waals surface area contributed by atoms with Crippen LogP contribution in [0.1, 0.15) is 66.2 Å². The molecule has 0 saturated carbocycles. The van der Waals surface area contributed by atoms with E-state index in [2.05, 4.69) is 0 Å². The summed E-state index contributed by atoms with van der Waals surface area (Å²) in [6.45, 7) is 7.04. The Hall–Kier alpha value is -1.01. The van der Waals surface area contributed by atoms with E-state index in [1.807, 2.05) is 13.8 Å². The van der Waals surface area contributed by atoms with E-state index >= 15 is 0 Å². The first-order chi connectivity index (χ1) is 10.3. The summed E-state index contributed by atoms with van der Waals surface area (Å²) in [6, 6.07) is 0. The second-order valence-corrected chi connectivity index (χ2v) is 4.99. The van der Waals surface area contributed by atoms with Crippen molar-refractivity contribution in [3.05, 3.63) is 0 Å². The quantitative estimate of drug-likeness (QED) is 0.407. The third kappa shape index (κ3) is 12.1. The van der Waals surface area contributed by atoms with Gasteiger partial charge in [0, 0.05) is 12.8 Å². The number of hydrogen-bond donors (Lipinski definition) is 0. The maximum absolute atomic E-state index is 11.0. The maximum Gasteiger partial charge on any atom is 2.00 e. The van der Waals surface area contributed by atoms with Gasteiger partial charge < -0.3 is 19.8 Å². The van der Waals surface area contributed by atoms with Crippen LogP contribution in [0, 0.1) is 11.8 Å². The van der Waals surface area contributed by atoms with Crippen molar-refractivity contribution in [2.75, 3.05) is 0 Å². The fraction of sp³-hybridized carbons (Fsp3) is 0.750. The van der Waals surface area contributed by atoms with Gasteiger partial charge in [0.1, 0.15) is 11.6 Å². The normalized spacial score (nSPS) is 12.0. The molecule has 0 rings (SSSR count). The van der Waals surface area contributed by atoms with E-state index in [1.54, 1.807) is 13.8 Å². The molecule has 6 nitrogen and oxygen atoms in total. The zero-order valence-corrected chi connectivity index (χ0v) is 15.9. The standard InChI is InChI=1S/2C8H14O3.Ti/c2*1-3-5-7(9)6(4-2)8(10)11;/h2*6H,3-5H2,1-2H3,(H,10,11);/q;;+2/p-2. The number of hydrogen-bond acceptors (Lipinski definition) is 6. The van der Waals surface area contributed by atoms with E-state index in [9.17, 15) is 29.4 Å². The molecule has 130 valence electrons. The van der Waals surface area contributed by atoms with Crippen molar-refractivity contribution >= 4 is 23.5 Å². The van der Waals surface area contributed by atoms with Gasteiger partial charge in [-0.2, -0.15) is 0 Å². The van der Waals surface area contributed by atoms with Crippen molar-refractivity contribution in [2.45, 2.75) is 66.2 Å². The zero-order valence-electron chi connectivity index (χ0n) is 14.3. The summed E-state index contributed by atoms with van der Waals surface area (Å²) in [5.74, 6) is -4.70. The van der Waals surface area contributed by atoms with Gasteiger partial charge in [0.15, 0.2) is 0 Å². The minimum atomic E-state index is -1.24. The number of rotatable bonds is 10. The monoisotopic (exact) mass is 362 g/mol. The SMILES string of the molecule is CCCC(=O)C(CC)C(=O)[O-].CCCC(=O)C(CC)C(=O)[O-].[Ti+2]. The van der Waals surface area contributed by atoms with Crippen LogP contribution in [0.15, 0.2) is 0 Å². The number of carbonyl (C=O) groups excluding carboxylic acids is 4. The topological polar surface area (TPSA) is 114 Å². The predicted octanol–water partition coefficient (Wildman–Crippen LogP) is 0.261. The maximum atomic E-state index is 11.0. The van der Waals surface area contributed by atoms with E-state index in [0.29, 0.717) is 38.5 Å². The number of carbonyl (C=O) groups is 4. The molecule has 0 bridgehead atoms. The Morgan fingerprint density at radius 2 is 0.957 bits per heavy atom. The van der Waals surface area contributed by atoms with Crippen molar-refractivity contribution in [1.82, 2.24) is 0 Å². The van der Waals surface area contributed by atoms with Crippen LogP contribution in [-0.2, 0) is 40.9 Å². The Balaban J connectivity index is -0.000000333. The van der Waals surface area contributed by atoms with Gasteiger partial charge in [0.05, 0.1) is 23.8 Å². The average molecular weight is 362 g/mol. The zero-order chi connectivity index (χ0) is 17.7. The number of Topliss-reactive ketones (excluding diaryl/α,β-unsaturated/α-hetero) is 2. The van der Waals surface area contributed by atoms with E-state index in [4.69, 9.17) is 0 Å². The molecule has 2 atom stereocenters. The van der Waals surface area contributed by atoms with E-state index in [1.165, 1.54) is 0 Å².